The molecule has 0 aliphatic rings. The minimum Gasteiger partial charge on any atom is -0.334 e. The van der Waals surface area contributed by atoms with Gasteiger partial charge >= 0.3 is 5.69 Å². The summed E-state index contributed by atoms with van der Waals surface area (Å²) in [6, 6.07) is 4.38. The van der Waals surface area contributed by atoms with Gasteiger partial charge < -0.3 is 5.32 Å². The number of halogens is 1. The van der Waals surface area contributed by atoms with Crippen LogP contribution < -0.4 is 16.6 Å². The molecule has 0 saturated carbocycles. The van der Waals surface area contributed by atoms with Crippen molar-refractivity contribution >= 4 is 23.1 Å². The number of hydrazine groups is 1. The zero-order valence-corrected chi connectivity index (χ0v) is 11.3. The molecular weight excluding hydrogens is 279 g/mol. The standard InChI is InChI=1S/C12H13FN6O2/c1-6-8(13)4-3-5-9(6)16-11-10(19(20)21)7(2)15-12(17-11)18-14/h3-5H,14H2,1-2H3,(H2,15,16,17,18). The SMILES string of the molecule is Cc1nc(NN)nc(Nc2cccc(F)c2C)c1[N+](=O)[O-]. The zero-order valence-electron chi connectivity index (χ0n) is 11.3. The summed E-state index contributed by atoms with van der Waals surface area (Å²) in [6.45, 7) is 3.02. The number of hydrogen-bond acceptors (Lipinski definition) is 7. The van der Waals surface area contributed by atoms with Crippen LogP contribution in [0.25, 0.3) is 0 Å². The first-order chi connectivity index (χ1) is 9.93. The van der Waals surface area contributed by atoms with Crippen LogP contribution >= 0.6 is 0 Å². The molecule has 1 aromatic heterocycles. The average molecular weight is 292 g/mol. The van der Waals surface area contributed by atoms with Crippen LogP contribution in [0.15, 0.2) is 18.2 Å². The Hall–Kier alpha value is -2.81. The lowest BCUT2D eigenvalue weighted by molar-refractivity contribution is -0.385. The lowest BCUT2D eigenvalue weighted by atomic mass is 10.2. The van der Waals surface area contributed by atoms with E-state index >= 15 is 0 Å². The van der Waals surface area contributed by atoms with Crippen LogP contribution in [0.3, 0.4) is 0 Å². The second-order valence-electron chi connectivity index (χ2n) is 4.27. The summed E-state index contributed by atoms with van der Waals surface area (Å²) in [7, 11) is 0. The first-order valence-corrected chi connectivity index (χ1v) is 5.95. The molecule has 9 heteroatoms. The number of rotatable bonds is 4. The van der Waals surface area contributed by atoms with Gasteiger partial charge in [-0.25, -0.2) is 15.2 Å². The van der Waals surface area contributed by atoms with Gasteiger partial charge in [0.2, 0.25) is 11.8 Å². The van der Waals surface area contributed by atoms with Crippen molar-refractivity contribution in [3.63, 3.8) is 0 Å². The number of nitrogens with zero attached hydrogens (tertiary/aromatic N) is 3. The topological polar surface area (TPSA) is 119 Å². The van der Waals surface area contributed by atoms with E-state index in [1.807, 2.05) is 0 Å². The Balaban J connectivity index is 2.54. The van der Waals surface area contributed by atoms with Gasteiger partial charge in [0.1, 0.15) is 11.5 Å². The van der Waals surface area contributed by atoms with E-state index in [0.29, 0.717) is 11.3 Å². The number of aromatic nitrogens is 2. The monoisotopic (exact) mass is 292 g/mol. The summed E-state index contributed by atoms with van der Waals surface area (Å²) in [5.41, 5.74) is 2.77. The molecule has 0 radical (unpaired) electrons. The number of hydrogen-bond donors (Lipinski definition) is 3. The van der Waals surface area contributed by atoms with Crippen LogP contribution in [0, 0.1) is 29.8 Å². The van der Waals surface area contributed by atoms with E-state index in [4.69, 9.17) is 5.84 Å². The van der Waals surface area contributed by atoms with Gasteiger partial charge in [0.25, 0.3) is 0 Å². The van der Waals surface area contributed by atoms with Crippen LogP contribution in [-0.2, 0) is 0 Å². The molecule has 8 nitrogen and oxygen atoms in total. The van der Waals surface area contributed by atoms with E-state index in [2.05, 4.69) is 20.7 Å². The number of nitrogens with two attached hydrogens (primary N) is 1. The molecule has 0 amide bonds. The molecule has 21 heavy (non-hydrogen) atoms. The average Bonchev–Trinajstić information content (AvgIpc) is 2.42. The maximum Gasteiger partial charge on any atom is 0.332 e. The van der Waals surface area contributed by atoms with Crippen molar-refractivity contribution in [2.75, 3.05) is 10.7 Å². The maximum atomic E-state index is 13.5. The molecule has 0 spiro atoms. The van der Waals surface area contributed by atoms with Crippen LogP contribution in [0.2, 0.25) is 0 Å². The Morgan fingerprint density at radius 1 is 1.33 bits per heavy atom. The van der Waals surface area contributed by atoms with Crippen LogP contribution in [0.4, 0.5) is 27.5 Å². The summed E-state index contributed by atoms with van der Waals surface area (Å²) in [5.74, 6) is 4.77. The molecule has 0 aliphatic carbocycles. The van der Waals surface area contributed by atoms with Crippen LogP contribution in [0.1, 0.15) is 11.3 Å². The van der Waals surface area contributed by atoms with E-state index in [0.717, 1.165) is 0 Å². The summed E-state index contributed by atoms with van der Waals surface area (Å²) in [4.78, 5) is 18.3. The normalized spacial score (nSPS) is 10.3. The molecule has 1 heterocycles. The predicted octanol–water partition coefficient (Wildman–Crippen LogP) is 2.17. The van der Waals surface area contributed by atoms with Gasteiger partial charge in [-0.15, -0.1) is 0 Å². The highest BCUT2D eigenvalue weighted by Gasteiger charge is 2.22. The summed E-state index contributed by atoms with van der Waals surface area (Å²) in [6.07, 6.45) is 0. The molecule has 2 aromatic rings. The summed E-state index contributed by atoms with van der Waals surface area (Å²) >= 11 is 0. The fourth-order valence-corrected chi connectivity index (χ4v) is 1.81. The number of benzene rings is 1. The molecule has 110 valence electrons. The zero-order chi connectivity index (χ0) is 15.6. The van der Waals surface area contributed by atoms with E-state index < -0.39 is 10.7 Å². The van der Waals surface area contributed by atoms with Gasteiger partial charge in [0.15, 0.2) is 0 Å². The first-order valence-electron chi connectivity index (χ1n) is 5.95. The molecule has 0 unspecified atom stereocenters. The molecule has 0 saturated heterocycles. The van der Waals surface area contributed by atoms with E-state index in [9.17, 15) is 14.5 Å². The van der Waals surface area contributed by atoms with E-state index in [1.54, 1.807) is 13.0 Å². The Morgan fingerprint density at radius 3 is 2.67 bits per heavy atom. The Morgan fingerprint density at radius 2 is 2.05 bits per heavy atom. The second-order valence-corrected chi connectivity index (χ2v) is 4.27. The fraction of sp³-hybridized carbons (Fsp3) is 0.167. The minimum atomic E-state index is -0.605. The lowest BCUT2D eigenvalue weighted by Crippen LogP contribution is -2.14. The van der Waals surface area contributed by atoms with Crippen molar-refractivity contribution < 1.29 is 9.31 Å². The van der Waals surface area contributed by atoms with Gasteiger partial charge in [-0.1, -0.05) is 6.07 Å². The third kappa shape index (κ3) is 2.87. The summed E-state index contributed by atoms with van der Waals surface area (Å²) in [5, 5.41) is 13.9. The molecule has 4 N–H and O–H groups in total. The van der Waals surface area contributed by atoms with Gasteiger partial charge in [-0.3, -0.25) is 15.5 Å². The number of anilines is 3. The van der Waals surface area contributed by atoms with Crippen molar-refractivity contribution in [2.24, 2.45) is 5.84 Å². The van der Waals surface area contributed by atoms with E-state index in [-0.39, 0.29) is 23.1 Å². The smallest absolute Gasteiger partial charge is 0.332 e. The molecule has 0 atom stereocenters. The molecule has 1 aromatic carbocycles. The van der Waals surface area contributed by atoms with Gasteiger partial charge in [0.05, 0.1) is 4.92 Å². The third-order valence-corrected chi connectivity index (χ3v) is 2.89. The predicted molar refractivity (Wildman–Crippen MR) is 75.7 cm³/mol. The quantitative estimate of drug-likeness (QED) is 0.449. The van der Waals surface area contributed by atoms with Crippen LogP contribution in [-0.4, -0.2) is 14.9 Å². The van der Waals surface area contributed by atoms with Gasteiger partial charge in [0, 0.05) is 11.3 Å². The minimum absolute atomic E-state index is 0.0228. The number of nitro groups is 1. The third-order valence-electron chi connectivity index (χ3n) is 2.89. The fourth-order valence-electron chi connectivity index (χ4n) is 1.81. The highest BCUT2D eigenvalue weighted by molar-refractivity contribution is 5.70. The van der Waals surface area contributed by atoms with E-state index in [1.165, 1.54) is 19.1 Å². The highest BCUT2D eigenvalue weighted by atomic mass is 19.1. The number of aryl methyl sites for hydroxylation is 1. The van der Waals surface area contributed by atoms with Crippen molar-refractivity contribution in [2.45, 2.75) is 13.8 Å². The first kappa shape index (κ1) is 14.6. The Labute approximate surface area is 119 Å². The number of nitrogen functional groups attached to an aromatic ring is 1. The molecule has 0 aliphatic heterocycles. The summed E-state index contributed by atoms with van der Waals surface area (Å²) < 4.78 is 13.5. The molecule has 0 bridgehead atoms. The number of nitrogens with one attached hydrogen (secondary N) is 2. The van der Waals surface area contributed by atoms with Crippen molar-refractivity contribution in [3.05, 3.63) is 45.4 Å². The maximum absolute atomic E-state index is 13.5. The van der Waals surface area contributed by atoms with Crippen molar-refractivity contribution in [1.82, 2.24) is 9.97 Å². The second kappa shape index (κ2) is 5.67. The molecule has 0 fully saturated rings. The lowest BCUT2D eigenvalue weighted by Gasteiger charge is -2.11. The highest BCUT2D eigenvalue weighted by Crippen LogP contribution is 2.30. The largest absolute Gasteiger partial charge is 0.334 e. The van der Waals surface area contributed by atoms with Crippen molar-refractivity contribution in [1.29, 1.82) is 0 Å². The Kier molecular flexibility index (Phi) is 3.94. The Bertz CT molecular complexity index is 706. The molecular formula is C12H13FN6O2. The van der Waals surface area contributed by atoms with Gasteiger partial charge in [-0.05, 0) is 26.0 Å². The molecule has 2 rings (SSSR count). The van der Waals surface area contributed by atoms with Crippen LogP contribution in [0.5, 0.6) is 0 Å². The van der Waals surface area contributed by atoms with Crippen molar-refractivity contribution in [3.8, 4) is 0 Å². The van der Waals surface area contributed by atoms with Gasteiger partial charge in [-0.2, -0.15) is 4.98 Å².